The molecule has 1 fully saturated rings. The minimum Gasteiger partial charge on any atom is -0.460 e. The molecule has 0 N–H and O–H groups in total. The first kappa shape index (κ1) is 44.5. The van der Waals surface area contributed by atoms with E-state index in [0.29, 0.717) is 25.7 Å². The number of carbonyl (C=O) groups excluding carboxylic acids is 4. The highest BCUT2D eigenvalue weighted by molar-refractivity contribution is 5.90. The second-order valence-electron chi connectivity index (χ2n) is 14.7. The van der Waals surface area contributed by atoms with E-state index in [1.807, 2.05) is 13.0 Å². The average molecular weight is 719 g/mol. The molecule has 0 bridgehead atoms. The Kier molecular flexibility index (Phi) is 23.5. The molecule has 0 amide bonds. The molecule has 9 nitrogen and oxygen atoms in total. The molecular formula is C42H70O9. The summed E-state index contributed by atoms with van der Waals surface area (Å²) in [6.45, 7) is 8.27. The molecule has 0 aliphatic carbocycles. The van der Waals surface area contributed by atoms with Crippen LogP contribution in [0, 0.1) is 0 Å². The van der Waals surface area contributed by atoms with Crippen molar-refractivity contribution in [2.75, 3.05) is 0 Å². The third kappa shape index (κ3) is 20.8. The Morgan fingerprint density at radius 3 is 1.90 bits per heavy atom. The first-order valence-electron chi connectivity index (χ1n) is 20.3. The summed E-state index contributed by atoms with van der Waals surface area (Å²) >= 11 is 0. The van der Waals surface area contributed by atoms with Crippen molar-refractivity contribution in [2.45, 2.75) is 219 Å². The van der Waals surface area contributed by atoms with Gasteiger partial charge in [0.05, 0.1) is 12.2 Å². The van der Waals surface area contributed by atoms with Crippen molar-refractivity contribution >= 4 is 23.9 Å². The summed E-state index contributed by atoms with van der Waals surface area (Å²) in [5.74, 6) is -1.40. The van der Waals surface area contributed by atoms with Crippen molar-refractivity contribution in [3.63, 3.8) is 0 Å². The largest absolute Gasteiger partial charge is 0.460 e. The van der Waals surface area contributed by atoms with Crippen molar-refractivity contribution in [3.05, 3.63) is 23.8 Å². The Morgan fingerprint density at radius 1 is 0.725 bits per heavy atom. The van der Waals surface area contributed by atoms with Crippen LogP contribution in [0.5, 0.6) is 0 Å². The van der Waals surface area contributed by atoms with Crippen LogP contribution in [0.2, 0.25) is 0 Å². The molecule has 0 spiro atoms. The summed E-state index contributed by atoms with van der Waals surface area (Å²) in [5, 5.41) is 0. The number of esters is 4. The molecule has 1 saturated heterocycles. The van der Waals surface area contributed by atoms with E-state index in [1.165, 1.54) is 78.6 Å². The van der Waals surface area contributed by atoms with Gasteiger partial charge in [-0.2, -0.15) is 0 Å². The minimum absolute atomic E-state index is 0.104. The van der Waals surface area contributed by atoms with Crippen molar-refractivity contribution in [1.29, 1.82) is 0 Å². The van der Waals surface area contributed by atoms with Crippen molar-refractivity contribution in [2.24, 2.45) is 0 Å². The Balaban J connectivity index is 1.77. The molecule has 9 heteroatoms. The van der Waals surface area contributed by atoms with Gasteiger partial charge in [-0.25, -0.2) is 4.79 Å². The lowest BCUT2D eigenvalue weighted by atomic mass is 9.98. The molecule has 2 heterocycles. The Labute approximate surface area is 309 Å². The van der Waals surface area contributed by atoms with Crippen molar-refractivity contribution in [1.82, 2.24) is 0 Å². The van der Waals surface area contributed by atoms with E-state index in [2.05, 4.69) is 19.1 Å². The highest BCUT2D eigenvalue weighted by Gasteiger charge is 2.35. The first-order chi connectivity index (χ1) is 24.6. The monoisotopic (exact) mass is 719 g/mol. The predicted octanol–water partition coefficient (Wildman–Crippen LogP) is 9.97. The zero-order valence-electron chi connectivity index (χ0n) is 32.6. The van der Waals surface area contributed by atoms with Crippen LogP contribution in [0.25, 0.3) is 0 Å². The molecule has 0 aromatic carbocycles. The van der Waals surface area contributed by atoms with Crippen LogP contribution in [0.1, 0.15) is 182 Å². The van der Waals surface area contributed by atoms with Gasteiger partial charge in [-0.15, -0.1) is 0 Å². The van der Waals surface area contributed by atoms with Crippen LogP contribution in [-0.4, -0.2) is 60.5 Å². The quantitative estimate of drug-likeness (QED) is 0.0323. The summed E-state index contributed by atoms with van der Waals surface area (Å²) < 4.78 is 28.7. The van der Waals surface area contributed by atoms with Gasteiger partial charge in [0.2, 0.25) is 0 Å². The minimum atomic E-state index is -0.647. The molecule has 2 aliphatic heterocycles. The maximum absolute atomic E-state index is 12.1. The number of rotatable bonds is 29. The Bertz CT molecular complexity index is 1070. The molecule has 0 aromatic rings. The average Bonchev–Trinajstić information content (AvgIpc) is 3.67. The molecule has 0 radical (unpaired) electrons. The summed E-state index contributed by atoms with van der Waals surface area (Å²) in [6, 6.07) is 0. The summed E-state index contributed by atoms with van der Waals surface area (Å²) in [4.78, 5) is 48.0. The number of hydrogen-bond donors (Lipinski definition) is 0. The lowest BCUT2D eigenvalue weighted by molar-refractivity contribution is -0.168. The van der Waals surface area contributed by atoms with Gasteiger partial charge in [0.15, 0.2) is 0 Å². The molecule has 51 heavy (non-hydrogen) atoms. The van der Waals surface area contributed by atoms with E-state index < -0.39 is 30.3 Å². The molecule has 6 unspecified atom stereocenters. The number of allylic oxidation sites excluding steroid dienone is 2. The standard InChI is InChI=1S/C42H70O9/c1-6-7-8-9-10-11-12-13-14-15-16-20-23-26-38(48-33(3)43)39(49-34(4)44)29-30-40(50-35(5)45)41-28-27-37(51-41)25-22-19-17-18-21-24-36-31-32(2)47-42(36)46/h16,20,31-32,37-41H,6-15,17-19,21-30H2,1-5H3/b20-16-. The number of carbonyl (C=O) groups is 4. The van der Waals surface area contributed by atoms with E-state index in [9.17, 15) is 19.2 Å². The van der Waals surface area contributed by atoms with E-state index >= 15 is 0 Å². The highest BCUT2D eigenvalue weighted by atomic mass is 16.6. The van der Waals surface area contributed by atoms with Crippen LogP contribution in [0.3, 0.4) is 0 Å². The molecular weight excluding hydrogens is 648 g/mol. The zero-order chi connectivity index (χ0) is 37.3. The van der Waals surface area contributed by atoms with Crippen LogP contribution in [0.4, 0.5) is 0 Å². The number of unbranched alkanes of at least 4 members (excludes halogenated alkanes) is 13. The molecule has 0 saturated carbocycles. The lowest BCUT2D eigenvalue weighted by Crippen LogP contribution is -2.37. The molecule has 0 aromatic heterocycles. The number of cyclic esters (lactones) is 1. The summed E-state index contributed by atoms with van der Waals surface area (Å²) in [6.07, 6.45) is 27.9. The Hall–Kier alpha value is -2.68. The van der Waals surface area contributed by atoms with Gasteiger partial charge < -0.3 is 23.7 Å². The van der Waals surface area contributed by atoms with Crippen LogP contribution < -0.4 is 0 Å². The fourth-order valence-electron chi connectivity index (χ4n) is 7.25. The zero-order valence-corrected chi connectivity index (χ0v) is 32.6. The third-order valence-electron chi connectivity index (χ3n) is 9.88. The van der Waals surface area contributed by atoms with Gasteiger partial charge in [-0.3, -0.25) is 14.4 Å². The van der Waals surface area contributed by atoms with Gasteiger partial charge in [0.25, 0.3) is 0 Å². The normalized spacial score (nSPS) is 20.5. The topological polar surface area (TPSA) is 114 Å². The van der Waals surface area contributed by atoms with E-state index in [4.69, 9.17) is 23.7 Å². The predicted molar refractivity (Wildman–Crippen MR) is 200 cm³/mol. The van der Waals surface area contributed by atoms with Gasteiger partial charge in [-0.1, -0.05) is 96.1 Å². The lowest BCUT2D eigenvalue weighted by Gasteiger charge is -2.29. The van der Waals surface area contributed by atoms with Gasteiger partial charge in [0.1, 0.15) is 24.4 Å². The van der Waals surface area contributed by atoms with Crippen LogP contribution in [-0.2, 0) is 42.9 Å². The SMILES string of the molecule is CCCCCCCCCCC/C=C\CCC(OC(C)=O)C(CCC(OC(C)=O)C1CCC(CCCCCCCC2=CC(C)OC2=O)O1)OC(C)=O. The van der Waals surface area contributed by atoms with Crippen LogP contribution in [0.15, 0.2) is 23.8 Å². The van der Waals surface area contributed by atoms with E-state index in [1.54, 1.807) is 0 Å². The summed E-state index contributed by atoms with van der Waals surface area (Å²) in [7, 11) is 0. The van der Waals surface area contributed by atoms with Crippen molar-refractivity contribution < 1.29 is 42.9 Å². The van der Waals surface area contributed by atoms with Gasteiger partial charge in [0, 0.05) is 26.3 Å². The molecule has 2 rings (SSSR count). The third-order valence-corrected chi connectivity index (χ3v) is 9.88. The fourth-order valence-corrected chi connectivity index (χ4v) is 7.25. The van der Waals surface area contributed by atoms with E-state index in [-0.39, 0.29) is 30.3 Å². The Morgan fingerprint density at radius 2 is 1.29 bits per heavy atom. The second-order valence-corrected chi connectivity index (χ2v) is 14.7. The first-order valence-corrected chi connectivity index (χ1v) is 20.3. The van der Waals surface area contributed by atoms with Crippen molar-refractivity contribution in [3.8, 4) is 0 Å². The fraction of sp³-hybridized carbons (Fsp3) is 0.810. The molecule has 2 aliphatic rings. The number of hydrogen-bond acceptors (Lipinski definition) is 9. The number of ether oxygens (including phenoxy) is 5. The second kappa shape index (κ2) is 27.0. The molecule has 6 atom stereocenters. The maximum Gasteiger partial charge on any atom is 0.334 e. The van der Waals surface area contributed by atoms with E-state index in [0.717, 1.165) is 69.8 Å². The van der Waals surface area contributed by atoms with Gasteiger partial charge >= 0.3 is 23.9 Å². The highest BCUT2D eigenvalue weighted by Crippen LogP contribution is 2.30. The smallest absolute Gasteiger partial charge is 0.334 e. The maximum atomic E-state index is 12.1. The van der Waals surface area contributed by atoms with Crippen LogP contribution >= 0.6 is 0 Å². The van der Waals surface area contributed by atoms with Gasteiger partial charge in [-0.05, 0) is 83.6 Å². The molecule has 292 valence electrons. The summed E-state index contributed by atoms with van der Waals surface area (Å²) in [5.41, 5.74) is 0.809.